The van der Waals surface area contributed by atoms with Crippen molar-refractivity contribution in [2.75, 3.05) is 5.73 Å². The third-order valence-corrected chi connectivity index (χ3v) is 2.48. The number of aromatic nitrogens is 2. The number of nitrogens with zero attached hydrogens (tertiary/aromatic N) is 1. The smallest absolute Gasteiger partial charge is 0.263 e. The number of fused-ring (bicyclic) bond motifs is 1. The summed E-state index contributed by atoms with van der Waals surface area (Å²) in [6.07, 6.45) is 0. The van der Waals surface area contributed by atoms with Crippen LogP contribution in [0, 0.1) is 3.57 Å². The number of pyridine rings is 2. The van der Waals surface area contributed by atoms with Gasteiger partial charge in [0.2, 0.25) is 0 Å². The first-order chi connectivity index (χ1) is 6.16. The van der Waals surface area contributed by atoms with Crippen LogP contribution in [0.5, 0.6) is 0 Å². The van der Waals surface area contributed by atoms with Crippen LogP contribution in [0.4, 0.5) is 5.82 Å². The minimum atomic E-state index is -0.133. The van der Waals surface area contributed by atoms with Crippen LogP contribution in [0.25, 0.3) is 11.0 Å². The molecule has 0 saturated carbocycles. The van der Waals surface area contributed by atoms with Crippen LogP contribution in [0.3, 0.4) is 0 Å². The molecule has 0 aromatic carbocycles. The fourth-order valence-electron chi connectivity index (χ4n) is 1.07. The number of aromatic amines is 1. The second-order valence-electron chi connectivity index (χ2n) is 2.62. The molecule has 4 nitrogen and oxygen atoms in total. The number of nitrogens with two attached hydrogens (primary N) is 1. The van der Waals surface area contributed by atoms with Crippen molar-refractivity contribution in [3.05, 3.63) is 32.1 Å². The molecule has 0 aliphatic carbocycles. The van der Waals surface area contributed by atoms with E-state index in [1.807, 2.05) is 28.7 Å². The topological polar surface area (TPSA) is 71.8 Å². The number of halogens is 1. The van der Waals surface area contributed by atoms with Gasteiger partial charge in [-0.2, -0.15) is 0 Å². The van der Waals surface area contributed by atoms with Gasteiger partial charge < -0.3 is 10.7 Å². The summed E-state index contributed by atoms with van der Waals surface area (Å²) in [6.45, 7) is 0. The number of nitrogens with one attached hydrogen (secondary N) is 1. The van der Waals surface area contributed by atoms with Crippen molar-refractivity contribution in [2.24, 2.45) is 0 Å². The quantitative estimate of drug-likeness (QED) is 0.713. The molecule has 0 bridgehead atoms. The van der Waals surface area contributed by atoms with Crippen LogP contribution in [0.1, 0.15) is 0 Å². The Hall–Kier alpha value is -1.11. The van der Waals surface area contributed by atoms with Gasteiger partial charge in [-0.25, -0.2) is 4.98 Å². The molecule has 2 aromatic rings. The monoisotopic (exact) mass is 287 g/mol. The lowest BCUT2D eigenvalue weighted by Gasteiger charge is -1.98. The van der Waals surface area contributed by atoms with Gasteiger partial charge in [0.1, 0.15) is 11.5 Å². The zero-order chi connectivity index (χ0) is 9.42. The van der Waals surface area contributed by atoms with Gasteiger partial charge in [0.15, 0.2) is 0 Å². The number of rotatable bonds is 0. The van der Waals surface area contributed by atoms with Crippen molar-refractivity contribution >= 4 is 39.4 Å². The van der Waals surface area contributed by atoms with Gasteiger partial charge in [-0.15, -0.1) is 0 Å². The predicted octanol–water partition coefficient (Wildman–Crippen LogP) is 1.11. The highest BCUT2D eigenvalue weighted by Gasteiger charge is 2.00. The summed E-state index contributed by atoms with van der Waals surface area (Å²) in [7, 11) is 0. The Balaban J connectivity index is 2.89. The van der Waals surface area contributed by atoms with Crippen molar-refractivity contribution < 1.29 is 0 Å². The highest BCUT2D eigenvalue weighted by atomic mass is 127. The van der Waals surface area contributed by atoms with Gasteiger partial charge in [-0.1, -0.05) is 0 Å². The molecule has 66 valence electrons. The predicted molar refractivity (Wildman–Crippen MR) is 59.5 cm³/mol. The van der Waals surface area contributed by atoms with Gasteiger partial charge in [0, 0.05) is 5.39 Å². The highest BCUT2D eigenvalue weighted by molar-refractivity contribution is 14.1. The molecule has 0 radical (unpaired) electrons. The van der Waals surface area contributed by atoms with E-state index in [1.165, 1.54) is 0 Å². The van der Waals surface area contributed by atoms with E-state index in [9.17, 15) is 4.79 Å². The van der Waals surface area contributed by atoms with Crippen LogP contribution in [0.15, 0.2) is 23.0 Å². The molecule has 3 N–H and O–H groups in total. The molecule has 0 saturated heterocycles. The molecule has 2 heterocycles. The summed E-state index contributed by atoms with van der Waals surface area (Å²) in [4.78, 5) is 17.8. The lowest BCUT2D eigenvalue weighted by molar-refractivity contribution is 1.22. The van der Waals surface area contributed by atoms with Crippen molar-refractivity contribution in [2.45, 2.75) is 0 Å². The molecule has 5 heteroatoms. The first-order valence-electron chi connectivity index (χ1n) is 3.62. The third kappa shape index (κ3) is 1.51. The van der Waals surface area contributed by atoms with Crippen LogP contribution in [-0.4, -0.2) is 9.97 Å². The normalized spacial score (nSPS) is 10.5. The van der Waals surface area contributed by atoms with E-state index >= 15 is 0 Å². The Bertz CT molecular complexity index is 520. The Kier molecular flexibility index (Phi) is 1.95. The highest BCUT2D eigenvalue weighted by Crippen LogP contribution is 2.11. The molecular formula is C8H6IN3O. The van der Waals surface area contributed by atoms with Gasteiger partial charge >= 0.3 is 0 Å². The first-order valence-corrected chi connectivity index (χ1v) is 4.70. The molecule has 0 aliphatic rings. The molecule has 0 amide bonds. The number of hydrogen-bond donors (Lipinski definition) is 2. The molecule has 0 spiro atoms. The third-order valence-electron chi connectivity index (χ3n) is 1.68. The number of hydrogen-bond acceptors (Lipinski definition) is 3. The lowest BCUT2D eigenvalue weighted by Crippen LogP contribution is -2.09. The summed E-state index contributed by atoms with van der Waals surface area (Å²) in [6, 6.07) is 5.31. The second-order valence-corrected chi connectivity index (χ2v) is 3.78. The van der Waals surface area contributed by atoms with Gasteiger partial charge in [0.25, 0.3) is 5.56 Å². The maximum absolute atomic E-state index is 11.2. The average molecular weight is 287 g/mol. The van der Waals surface area contributed by atoms with E-state index in [2.05, 4.69) is 9.97 Å². The number of nitrogen functional groups attached to an aromatic ring is 1. The summed E-state index contributed by atoms with van der Waals surface area (Å²) in [5.74, 6) is 0.407. The summed E-state index contributed by atoms with van der Waals surface area (Å²) >= 11 is 1.98. The molecule has 2 rings (SSSR count). The van der Waals surface area contributed by atoms with Gasteiger partial charge in [-0.3, -0.25) is 4.79 Å². The van der Waals surface area contributed by atoms with Gasteiger partial charge in [-0.05, 0) is 40.8 Å². The van der Waals surface area contributed by atoms with Gasteiger partial charge in [0.05, 0.1) is 3.57 Å². The van der Waals surface area contributed by atoms with E-state index in [4.69, 9.17) is 5.73 Å². The zero-order valence-corrected chi connectivity index (χ0v) is 8.70. The fourth-order valence-corrected chi connectivity index (χ4v) is 1.54. The standard InChI is InChI=1S/C8H6IN3O/c9-5-3-4-1-2-6(10)11-7(4)12-8(5)13/h1-3H,(H3,10,11,12,13). The van der Waals surface area contributed by atoms with Crippen molar-refractivity contribution in [1.82, 2.24) is 9.97 Å². The summed E-state index contributed by atoms with van der Waals surface area (Å²) in [5.41, 5.74) is 5.88. The Morgan fingerprint density at radius 1 is 1.46 bits per heavy atom. The van der Waals surface area contributed by atoms with E-state index in [0.29, 0.717) is 15.0 Å². The van der Waals surface area contributed by atoms with Crippen LogP contribution in [0.2, 0.25) is 0 Å². The summed E-state index contributed by atoms with van der Waals surface area (Å²) < 4.78 is 0.650. The minimum Gasteiger partial charge on any atom is -0.384 e. The van der Waals surface area contributed by atoms with E-state index in [1.54, 1.807) is 12.1 Å². The zero-order valence-electron chi connectivity index (χ0n) is 6.54. The average Bonchev–Trinajstić information content (AvgIpc) is 2.08. The molecule has 0 aliphatic heterocycles. The number of anilines is 1. The largest absolute Gasteiger partial charge is 0.384 e. The maximum atomic E-state index is 11.2. The van der Waals surface area contributed by atoms with Crippen molar-refractivity contribution in [1.29, 1.82) is 0 Å². The number of H-pyrrole nitrogens is 1. The Labute approximate surface area is 87.3 Å². The fraction of sp³-hybridized carbons (Fsp3) is 0. The molecular weight excluding hydrogens is 281 g/mol. The van der Waals surface area contributed by atoms with E-state index < -0.39 is 0 Å². The van der Waals surface area contributed by atoms with Crippen molar-refractivity contribution in [3.63, 3.8) is 0 Å². The lowest BCUT2D eigenvalue weighted by atomic mass is 10.3. The Morgan fingerprint density at radius 3 is 3.00 bits per heavy atom. The van der Waals surface area contributed by atoms with Crippen LogP contribution < -0.4 is 11.3 Å². The first kappa shape index (κ1) is 8.49. The van der Waals surface area contributed by atoms with Crippen LogP contribution in [-0.2, 0) is 0 Å². The van der Waals surface area contributed by atoms with Crippen LogP contribution >= 0.6 is 22.6 Å². The van der Waals surface area contributed by atoms with Crippen molar-refractivity contribution in [3.8, 4) is 0 Å². The maximum Gasteiger partial charge on any atom is 0.263 e. The molecule has 13 heavy (non-hydrogen) atoms. The summed E-state index contributed by atoms with van der Waals surface area (Å²) in [5, 5.41) is 0.887. The minimum absolute atomic E-state index is 0.133. The molecule has 0 fully saturated rings. The molecule has 2 aromatic heterocycles. The van der Waals surface area contributed by atoms with E-state index in [0.717, 1.165) is 5.39 Å². The molecule has 0 atom stereocenters. The van der Waals surface area contributed by atoms with E-state index in [-0.39, 0.29) is 5.56 Å². The Morgan fingerprint density at radius 2 is 2.23 bits per heavy atom. The SMILES string of the molecule is Nc1ccc2cc(I)c(=O)[nH]c2n1. The molecule has 0 unspecified atom stereocenters. The second kappa shape index (κ2) is 2.99.